The molecule has 106 valence electrons. The van der Waals surface area contributed by atoms with Crippen molar-refractivity contribution in [3.63, 3.8) is 0 Å². The summed E-state index contributed by atoms with van der Waals surface area (Å²) >= 11 is 3.29. The highest BCUT2D eigenvalue weighted by Crippen LogP contribution is 2.17. The third-order valence-electron chi connectivity index (χ3n) is 3.02. The molecule has 0 unspecified atom stereocenters. The molecule has 20 heavy (non-hydrogen) atoms. The summed E-state index contributed by atoms with van der Waals surface area (Å²) in [4.78, 5) is 0. The van der Waals surface area contributed by atoms with Gasteiger partial charge in [-0.05, 0) is 48.4 Å². The van der Waals surface area contributed by atoms with Crippen LogP contribution in [0.15, 0.2) is 46.9 Å². The number of benzene rings is 2. The van der Waals surface area contributed by atoms with E-state index < -0.39 is 0 Å². The number of rotatable bonds is 6. The third kappa shape index (κ3) is 4.32. The molecule has 1 N–H and O–H groups in total. The Morgan fingerprint density at radius 3 is 2.75 bits per heavy atom. The van der Waals surface area contributed by atoms with Gasteiger partial charge in [-0.25, -0.2) is 4.39 Å². The molecule has 0 fully saturated rings. The van der Waals surface area contributed by atoms with Crippen LogP contribution >= 0.6 is 15.9 Å². The standard InChI is InChI=1S/C16H17BrFNO/c1-20-16-5-3-2-4-13(16)6-7-19-11-12-8-14(17)10-15(18)9-12/h2-5,8-10,19H,6-7,11H2,1H3. The molecule has 2 rings (SSSR count). The summed E-state index contributed by atoms with van der Waals surface area (Å²) in [5, 5.41) is 3.31. The van der Waals surface area contributed by atoms with Gasteiger partial charge in [-0.15, -0.1) is 0 Å². The van der Waals surface area contributed by atoms with Gasteiger partial charge in [-0.3, -0.25) is 0 Å². The lowest BCUT2D eigenvalue weighted by Crippen LogP contribution is -2.17. The number of methoxy groups -OCH3 is 1. The third-order valence-corrected chi connectivity index (χ3v) is 3.47. The monoisotopic (exact) mass is 337 g/mol. The van der Waals surface area contributed by atoms with Gasteiger partial charge < -0.3 is 10.1 Å². The van der Waals surface area contributed by atoms with Crippen LogP contribution in [0.3, 0.4) is 0 Å². The van der Waals surface area contributed by atoms with Crippen LogP contribution < -0.4 is 10.1 Å². The fraction of sp³-hybridized carbons (Fsp3) is 0.250. The highest BCUT2D eigenvalue weighted by atomic mass is 79.9. The Kier molecular flexibility index (Phi) is 5.56. The Labute approximate surface area is 127 Å². The van der Waals surface area contributed by atoms with Crippen molar-refractivity contribution in [2.24, 2.45) is 0 Å². The summed E-state index contributed by atoms with van der Waals surface area (Å²) in [6.07, 6.45) is 0.875. The van der Waals surface area contributed by atoms with Gasteiger partial charge in [0.2, 0.25) is 0 Å². The minimum atomic E-state index is -0.221. The lowest BCUT2D eigenvalue weighted by Gasteiger charge is -2.09. The zero-order valence-electron chi connectivity index (χ0n) is 11.3. The molecular formula is C16H17BrFNO. The Bertz CT molecular complexity index is 554. The topological polar surface area (TPSA) is 21.3 Å². The first-order valence-corrected chi connectivity index (χ1v) is 7.26. The molecule has 0 aromatic heterocycles. The van der Waals surface area contributed by atoms with Crippen LogP contribution in [-0.2, 0) is 13.0 Å². The number of halogens is 2. The number of nitrogens with one attached hydrogen (secondary N) is 1. The summed E-state index contributed by atoms with van der Waals surface area (Å²) in [5.74, 6) is 0.684. The van der Waals surface area contributed by atoms with Crippen LogP contribution in [-0.4, -0.2) is 13.7 Å². The zero-order chi connectivity index (χ0) is 14.4. The van der Waals surface area contributed by atoms with Crippen molar-refractivity contribution in [2.75, 3.05) is 13.7 Å². The SMILES string of the molecule is COc1ccccc1CCNCc1cc(F)cc(Br)c1. The quantitative estimate of drug-likeness (QED) is 0.806. The minimum absolute atomic E-state index is 0.221. The predicted octanol–water partition coefficient (Wildman–Crippen LogP) is 3.93. The molecule has 0 amide bonds. The van der Waals surface area contributed by atoms with Gasteiger partial charge in [0.15, 0.2) is 0 Å². The molecule has 2 aromatic rings. The number of hydrogen-bond donors (Lipinski definition) is 1. The predicted molar refractivity (Wildman–Crippen MR) is 82.5 cm³/mol. The zero-order valence-corrected chi connectivity index (χ0v) is 12.9. The maximum atomic E-state index is 13.2. The van der Waals surface area contributed by atoms with Gasteiger partial charge in [0.25, 0.3) is 0 Å². The van der Waals surface area contributed by atoms with Crippen LogP contribution in [0.1, 0.15) is 11.1 Å². The average Bonchev–Trinajstić information content (AvgIpc) is 2.43. The van der Waals surface area contributed by atoms with Crippen molar-refractivity contribution in [1.29, 1.82) is 0 Å². The van der Waals surface area contributed by atoms with Crippen LogP contribution in [0.4, 0.5) is 4.39 Å². The fourth-order valence-corrected chi connectivity index (χ4v) is 2.59. The van der Waals surface area contributed by atoms with Gasteiger partial charge in [0.05, 0.1) is 7.11 Å². The van der Waals surface area contributed by atoms with Crippen molar-refractivity contribution >= 4 is 15.9 Å². The molecule has 0 radical (unpaired) electrons. The molecule has 0 aliphatic heterocycles. The summed E-state index contributed by atoms with van der Waals surface area (Å²) in [7, 11) is 1.68. The van der Waals surface area contributed by atoms with Gasteiger partial charge in [-0.2, -0.15) is 0 Å². The maximum absolute atomic E-state index is 13.2. The second-order valence-corrected chi connectivity index (χ2v) is 5.43. The molecule has 0 aliphatic rings. The van der Waals surface area contributed by atoms with Crippen molar-refractivity contribution in [1.82, 2.24) is 5.32 Å². The molecule has 0 saturated heterocycles. The van der Waals surface area contributed by atoms with E-state index in [1.165, 1.54) is 11.6 Å². The van der Waals surface area contributed by atoms with Crippen molar-refractivity contribution < 1.29 is 9.13 Å². The van der Waals surface area contributed by atoms with E-state index in [9.17, 15) is 4.39 Å². The lowest BCUT2D eigenvalue weighted by atomic mass is 10.1. The van der Waals surface area contributed by atoms with Crippen molar-refractivity contribution in [3.8, 4) is 5.75 Å². The molecule has 2 aromatic carbocycles. The van der Waals surface area contributed by atoms with Crippen molar-refractivity contribution in [2.45, 2.75) is 13.0 Å². The first kappa shape index (κ1) is 15.0. The molecule has 4 heteroatoms. The van der Waals surface area contributed by atoms with E-state index in [0.29, 0.717) is 6.54 Å². The van der Waals surface area contributed by atoms with Crippen LogP contribution in [0.5, 0.6) is 5.75 Å². The summed E-state index contributed by atoms with van der Waals surface area (Å²) in [6, 6.07) is 12.9. The van der Waals surface area contributed by atoms with Gasteiger partial charge in [-0.1, -0.05) is 34.1 Å². The van der Waals surface area contributed by atoms with Crippen LogP contribution in [0.2, 0.25) is 0 Å². The number of ether oxygens (including phenoxy) is 1. The largest absolute Gasteiger partial charge is 0.496 e. The van der Waals surface area contributed by atoms with Gasteiger partial charge >= 0.3 is 0 Å². The van der Waals surface area contributed by atoms with E-state index in [4.69, 9.17) is 4.74 Å². The van der Waals surface area contributed by atoms with Crippen LogP contribution in [0.25, 0.3) is 0 Å². The van der Waals surface area contributed by atoms with Gasteiger partial charge in [0, 0.05) is 11.0 Å². The second kappa shape index (κ2) is 7.41. The molecule has 0 aliphatic carbocycles. The molecule has 0 spiro atoms. The maximum Gasteiger partial charge on any atom is 0.124 e. The molecule has 0 bridgehead atoms. The minimum Gasteiger partial charge on any atom is -0.496 e. The number of para-hydroxylation sites is 1. The Balaban J connectivity index is 1.84. The average molecular weight is 338 g/mol. The first-order chi connectivity index (χ1) is 9.69. The normalized spacial score (nSPS) is 10.6. The lowest BCUT2D eigenvalue weighted by molar-refractivity contribution is 0.409. The Hall–Kier alpha value is -1.39. The van der Waals surface area contributed by atoms with Crippen LogP contribution in [0, 0.1) is 5.82 Å². The Morgan fingerprint density at radius 2 is 2.00 bits per heavy atom. The van der Waals surface area contributed by atoms with E-state index in [1.54, 1.807) is 13.2 Å². The van der Waals surface area contributed by atoms with E-state index in [2.05, 4.69) is 27.3 Å². The van der Waals surface area contributed by atoms with E-state index >= 15 is 0 Å². The molecular weight excluding hydrogens is 321 g/mol. The van der Waals surface area contributed by atoms with E-state index in [0.717, 1.165) is 28.8 Å². The fourth-order valence-electron chi connectivity index (χ4n) is 2.08. The summed E-state index contributed by atoms with van der Waals surface area (Å²) in [6.45, 7) is 1.46. The smallest absolute Gasteiger partial charge is 0.124 e. The van der Waals surface area contributed by atoms with E-state index in [-0.39, 0.29) is 5.82 Å². The molecule has 2 nitrogen and oxygen atoms in total. The second-order valence-electron chi connectivity index (χ2n) is 4.52. The first-order valence-electron chi connectivity index (χ1n) is 6.46. The Morgan fingerprint density at radius 1 is 1.20 bits per heavy atom. The van der Waals surface area contributed by atoms with E-state index in [1.807, 2.05) is 24.3 Å². The molecule has 0 atom stereocenters. The van der Waals surface area contributed by atoms with Gasteiger partial charge in [0.1, 0.15) is 11.6 Å². The highest BCUT2D eigenvalue weighted by molar-refractivity contribution is 9.10. The number of hydrogen-bond acceptors (Lipinski definition) is 2. The molecule has 0 saturated carbocycles. The summed E-state index contributed by atoms with van der Waals surface area (Å²) in [5.41, 5.74) is 2.10. The molecule has 0 heterocycles. The van der Waals surface area contributed by atoms with Crippen molar-refractivity contribution in [3.05, 3.63) is 63.9 Å². The summed E-state index contributed by atoms with van der Waals surface area (Å²) < 4.78 is 19.3. The highest BCUT2D eigenvalue weighted by Gasteiger charge is 2.02.